The molecule has 2 saturated carbocycles. The van der Waals surface area contributed by atoms with Crippen molar-refractivity contribution in [2.75, 3.05) is 32.7 Å². The van der Waals surface area contributed by atoms with Crippen LogP contribution in [0.2, 0.25) is 0 Å². The molecule has 3 aliphatic rings. The largest absolute Gasteiger partial charge is 0.340 e. The molecule has 3 fully saturated rings. The van der Waals surface area contributed by atoms with Gasteiger partial charge in [0.2, 0.25) is 5.91 Å². The quantitative estimate of drug-likeness (QED) is 0.792. The van der Waals surface area contributed by atoms with E-state index in [1.807, 2.05) is 0 Å². The molecule has 2 aliphatic carbocycles. The Morgan fingerprint density at radius 3 is 2.05 bits per heavy atom. The van der Waals surface area contributed by atoms with Crippen molar-refractivity contribution in [1.82, 2.24) is 9.80 Å². The number of amides is 1. The summed E-state index contributed by atoms with van der Waals surface area (Å²) in [4.78, 5) is 17.2. The van der Waals surface area contributed by atoms with Crippen molar-refractivity contribution in [2.45, 2.75) is 57.8 Å². The smallest absolute Gasteiger partial charge is 0.225 e. The molecule has 1 amide bonds. The SMILES string of the molecule is O=C(C1CCCC1)N1CCN(CC2CCCCC2)CC1. The molecular formula is C17H30N2O. The highest BCUT2D eigenvalue weighted by molar-refractivity contribution is 5.79. The average molecular weight is 278 g/mol. The highest BCUT2D eigenvalue weighted by atomic mass is 16.2. The highest BCUT2D eigenvalue weighted by Crippen LogP contribution is 2.28. The van der Waals surface area contributed by atoms with E-state index in [0.29, 0.717) is 11.8 Å². The minimum absolute atomic E-state index is 0.361. The van der Waals surface area contributed by atoms with Crippen LogP contribution in [0.5, 0.6) is 0 Å². The van der Waals surface area contributed by atoms with Crippen molar-refractivity contribution in [3.05, 3.63) is 0 Å². The first-order valence-corrected chi connectivity index (χ1v) is 8.84. The molecule has 20 heavy (non-hydrogen) atoms. The van der Waals surface area contributed by atoms with Crippen molar-refractivity contribution >= 4 is 5.91 Å². The molecule has 0 N–H and O–H groups in total. The first-order chi connectivity index (χ1) is 9.83. The van der Waals surface area contributed by atoms with Gasteiger partial charge in [-0.05, 0) is 31.6 Å². The second kappa shape index (κ2) is 6.93. The molecule has 3 heteroatoms. The molecule has 0 radical (unpaired) electrons. The van der Waals surface area contributed by atoms with Crippen LogP contribution in [-0.4, -0.2) is 48.4 Å². The van der Waals surface area contributed by atoms with Gasteiger partial charge in [-0.1, -0.05) is 32.1 Å². The predicted molar refractivity (Wildman–Crippen MR) is 81.6 cm³/mol. The number of hydrogen-bond acceptors (Lipinski definition) is 2. The van der Waals surface area contributed by atoms with Gasteiger partial charge in [0.05, 0.1) is 0 Å². The summed E-state index contributed by atoms with van der Waals surface area (Å²) in [5.41, 5.74) is 0. The number of carbonyl (C=O) groups is 1. The van der Waals surface area contributed by atoms with Crippen molar-refractivity contribution in [3.8, 4) is 0 Å². The number of rotatable bonds is 3. The van der Waals surface area contributed by atoms with Crippen LogP contribution in [0.4, 0.5) is 0 Å². The Morgan fingerprint density at radius 1 is 0.800 bits per heavy atom. The van der Waals surface area contributed by atoms with Crippen LogP contribution < -0.4 is 0 Å². The molecule has 0 bridgehead atoms. The van der Waals surface area contributed by atoms with Gasteiger partial charge in [0.25, 0.3) is 0 Å². The average Bonchev–Trinajstić information content (AvgIpc) is 3.03. The standard InChI is InChI=1S/C17H30N2O/c20-17(16-8-4-5-9-16)19-12-10-18(11-13-19)14-15-6-2-1-3-7-15/h15-16H,1-14H2. The van der Waals surface area contributed by atoms with Crippen molar-refractivity contribution < 1.29 is 4.79 Å². The minimum atomic E-state index is 0.361. The van der Waals surface area contributed by atoms with Gasteiger partial charge in [0.15, 0.2) is 0 Å². The summed E-state index contributed by atoms with van der Waals surface area (Å²) in [7, 11) is 0. The van der Waals surface area contributed by atoms with E-state index in [2.05, 4.69) is 9.80 Å². The third-order valence-corrected chi connectivity index (χ3v) is 5.63. The number of hydrogen-bond donors (Lipinski definition) is 0. The monoisotopic (exact) mass is 278 g/mol. The third kappa shape index (κ3) is 3.55. The third-order valence-electron chi connectivity index (χ3n) is 5.63. The molecule has 0 aromatic rings. The molecule has 0 spiro atoms. The Kier molecular flexibility index (Phi) is 4.98. The maximum absolute atomic E-state index is 12.4. The van der Waals surface area contributed by atoms with Gasteiger partial charge >= 0.3 is 0 Å². The lowest BCUT2D eigenvalue weighted by Crippen LogP contribution is -2.51. The second-order valence-electron chi connectivity index (χ2n) is 7.11. The van der Waals surface area contributed by atoms with Crippen LogP contribution in [0.1, 0.15) is 57.8 Å². The highest BCUT2D eigenvalue weighted by Gasteiger charge is 2.29. The molecular weight excluding hydrogens is 248 g/mol. The minimum Gasteiger partial charge on any atom is -0.340 e. The van der Waals surface area contributed by atoms with Crippen molar-refractivity contribution in [2.24, 2.45) is 11.8 Å². The van der Waals surface area contributed by atoms with E-state index in [1.54, 1.807) is 0 Å². The number of nitrogens with zero attached hydrogens (tertiary/aromatic N) is 2. The summed E-state index contributed by atoms with van der Waals surface area (Å²) in [5, 5.41) is 0. The normalized spacial score (nSPS) is 27.1. The second-order valence-corrected chi connectivity index (χ2v) is 7.11. The first-order valence-electron chi connectivity index (χ1n) is 8.84. The molecule has 1 saturated heterocycles. The van der Waals surface area contributed by atoms with E-state index in [9.17, 15) is 4.79 Å². The van der Waals surface area contributed by atoms with E-state index in [0.717, 1.165) is 44.9 Å². The van der Waals surface area contributed by atoms with Crippen LogP contribution in [0.15, 0.2) is 0 Å². The Morgan fingerprint density at radius 2 is 1.40 bits per heavy atom. The molecule has 3 rings (SSSR count). The molecule has 1 aliphatic heterocycles. The Hall–Kier alpha value is -0.570. The lowest BCUT2D eigenvalue weighted by molar-refractivity contribution is -0.137. The fourth-order valence-corrected chi connectivity index (χ4v) is 4.32. The van der Waals surface area contributed by atoms with E-state index in [-0.39, 0.29) is 0 Å². The fourth-order valence-electron chi connectivity index (χ4n) is 4.32. The molecule has 0 atom stereocenters. The van der Waals surface area contributed by atoms with Crippen LogP contribution in [0.25, 0.3) is 0 Å². The Bertz CT molecular complexity index is 311. The summed E-state index contributed by atoms with van der Waals surface area (Å²) in [6.45, 7) is 5.44. The van der Waals surface area contributed by atoms with Crippen molar-refractivity contribution in [3.63, 3.8) is 0 Å². The van der Waals surface area contributed by atoms with E-state index in [4.69, 9.17) is 0 Å². The summed E-state index contributed by atoms with van der Waals surface area (Å²) < 4.78 is 0. The van der Waals surface area contributed by atoms with Gasteiger partial charge in [-0.2, -0.15) is 0 Å². The van der Waals surface area contributed by atoms with Gasteiger partial charge in [0.1, 0.15) is 0 Å². The molecule has 1 heterocycles. The maximum atomic E-state index is 12.4. The summed E-state index contributed by atoms with van der Waals surface area (Å²) in [6.07, 6.45) is 12.0. The zero-order chi connectivity index (χ0) is 13.8. The van der Waals surface area contributed by atoms with Crippen LogP contribution in [0.3, 0.4) is 0 Å². The lowest BCUT2D eigenvalue weighted by atomic mass is 9.89. The summed E-state index contributed by atoms with van der Waals surface area (Å²) in [5.74, 6) is 1.75. The topological polar surface area (TPSA) is 23.6 Å². The van der Waals surface area contributed by atoms with Gasteiger partial charge in [-0.15, -0.1) is 0 Å². The fraction of sp³-hybridized carbons (Fsp3) is 0.941. The number of piperazine rings is 1. The van der Waals surface area contributed by atoms with E-state index in [1.165, 1.54) is 51.5 Å². The van der Waals surface area contributed by atoms with E-state index >= 15 is 0 Å². The predicted octanol–water partition coefficient (Wildman–Crippen LogP) is 2.90. The molecule has 0 aromatic carbocycles. The van der Waals surface area contributed by atoms with Gasteiger partial charge in [-0.3, -0.25) is 9.69 Å². The molecule has 114 valence electrons. The van der Waals surface area contributed by atoms with Gasteiger partial charge < -0.3 is 4.90 Å². The first kappa shape index (κ1) is 14.4. The zero-order valence-electron chi connectivity index (χ0n) is 12.9. The van der Waals surface area contributed by atoms with Crippen LogP contribution in [-0.2, 0) is 4.79 Å². The molecule has 0 aromatic heterocycles. The Labute approximate surface area is 123 Å². The van der Waals surface area contributed by atoms with Gasteiger partial charge in [-0.25, -0.2) is 0 Å². The summed E-state index contributed by atoms with van der Waals surface area (Å²) >= 11 is 0. The zero-order valence-corrected chi connectivity index (χ0v) is 12.9. The molecule has 0 unspecified atom stereocenters. The van der Waals surface area contributed by atoms with Gasteiger partial charge in [0, 0.05) is 38.6 Å². The number of carbonyl (C=O) groups excluding carboxylic acids is 1. The maximum Gasteiger partial charge on any atom is 0.225 e. The lowest BCUT2D eigenvalue weighted by Gasteiger charge is -2.38. The molecule has 3 nitrogen and oxygen atoms in total. The van der Waals surface area contributed by atoms with E-state index < -0.39 is 0 Å². The summed E-state index contributed by atoms with van der Waals surface area (Å²) in [6, 6.07) is 0. The van der Waals surface area contributed by atoms with Crippen molar-refractivity contribution in [1.29, 1.82) is 0 Å². The van der Waals surface area contributed by atoms with Crippen LogP contribution >= 0.6 is 0 Å². The van der Waals surface area contributed by atoms with Crippen LogP contribution in [0, 0.1) is 11.8 Å². The Balaban J connectivity index is 1.40.